The lowest BCUT2D eigenvalue weighted by Gasteiger charge is -2.05. The van der Waals surface area contributed by atoms with E-state index in [1.807, 2.05) is 48.5 Å². The van der Waals surface area contributed by atoms with Crippen molar-refractivity contribution in [3.8, 4) is 23.6 Å². The highest BCUT2D eigenvalue weighted by molar-refractivity contribution is 9.09. The van der Waals surface area contributed by atoms with Crippen LogP contribution in [0.25, 0.3) is 0 Å². The number of nitrogens with zero attached hydrogens (tertiary/aromatic N) is 6. The molecule has 4 rings (SSSR count). The van der Waals surface area contributed by atoms with Crippen LogP contribution in [0.15, 0.2) is 118 Å². The summed E-state index contributed by atoms with van der Waals surface area (Å²) in [6.45, 7) is 1.49. The van der Waals surface area contributed by atoms with E-state index in [1.165, 1.54) is 38.5 Å². The molecule has 4 aromatic rings. The molecule has 0 fully saturated rings. The van der Waals surface area contributed by atoms with Crippen LogP contribution in [0.3, 0.4) is 0 Å². The molecule has 10 heteroatoms. The van der Waals surface area contributed by atoms with E-state index in [1.54, 1.807) is 48.5 Å². The summed E-state index contributed by atoms with van der Waals surface area (Å²) in [7, 11) is 0. The summed E-state index contributed by atoms with van der Waals surface area (Å²) in [5.41, 5.74) is 4.20. The molecule has 0 bridgehead atoms. The molecule has 0 heterocycles. The maximum atomic E-state index is 8.76. The number of rotatable bonds is 18. The van der Waals surface area contributed by atoms with Crippen LogP contribution in [0.2, 0.25) is 0 Å². The van der Waals surface area contributed by atoms with Crippen molar-refractivity contribution in [1.29, 1.82) is 10.5 Å². The van der Waals surface area contributed by atoms with Crippen LogP contribution in [-0.4, -0.2) is 23.9 Å². The van der Waals surface area contributed by atoms with Gasteiger partial charge in [-0.05, 0) is 123 Å². The molecule has 0 amide bonds. The van der Waals surface area contributed by atoms with E-state index in [0.29, 0.717) is 11.1 Å². The third kappa shape index (κ3) is 15.9. The lowest BCUT2D eigenvalue weighted by atomic mass is 10.2. The number of hydrogen-bond donors (Lipinski definition) is 0. The largest absolute Gasteiger partial charge is 0.494 e. The van der Waals surface area contributed by atoms with Crippen molar-refractivity contribution in [3.63, 3.8) is 0 Å². The minimum absolute atomic E-state index is 0.614. The topological polar surface area (TPSA) is 115 Å². The number of unbranched alkanes of at least 4 members (excludes halogenated alkanes) is 6. The van der Waals surface area contributed by atoms with Gasteiger partial charge in [-0.1, -0.05) is 57.5 Å². The van der Waals surface area contributed by atoms with Gasteiger partial charge in [-0.25, -0.2) is 0 Å². The van der Waals surface area contributed by atoms with Gasteiger partial charge in [-0.2, -0.15) is 31.0 Å². The molecule has 0 aliphatic rings. The molecule has 0 aliphatic heterocycles. The second-order valence-corrected chi connectivity index (χ2v) is 12.2. The Balaban J connectivity index is 0.000000260. The highest BCUT2D eigenvalue weighted by Crippen LogP contribution is 2.23. The van der Waals surface area contributed by atoms with Gasteiger partial charge in [-0.15, -0.1) is 0 Å². The smallest absolute Gasteiger partial charge is 0.119 e. The van der Waals surface area contributed by atoms with Gasteiger partial charge in [0.15, 0.2) is 0 Å². The SMILES string of the molecule is N#Cc1ccc(N=Nc2ccc(OCCCCCCBr)cc2)cc1.N#Cc1ccc(N=Nc2ccc(OCCCCCCBr)cc2)cc1. The van der Waals surface area contributed by atoms with Crippen molar-refractivity contribution in [2.24, 2.45) is 20.5 Å². The monoisotopic (exact) mass is 770 g/mol. The Morgan fingerprint density at radius 2 is 0.708 bits per heavy atom. The Labute approximate surface area is 300 Å². The van der Waals surface area contributed by atoms with Crippen LogP contribution in [-0.2, 0) is 0 Å². The molecule has 0 spiro atoms. The van der Waals surface area contributed by atoms with Gasteiger partial charge in [0.25, 0.3) is 0 Å². The first kappa shape index (κ1) is 38.1. The molecule has 8 nitrogen and oxygen atoms in total. The highest BCUT2D eigenvalue weighted by atomic mass is 79.9. The molecule has 0 unspecified atom stereocenters. The van der Waals surface area contributed by atoms with E-state index in [0.717, 1.165) is 71.0 Å². The maximum Gasteiger partial charge on any atom is 0.119 e. The number of benzene rings is 4. The number of azo groups is 2. The molecular formula is C38H40Br2N6O2. The normalized spacial score (nSPS) is 10.7. The molecule has 0 saturated heterocycles. The van der Waals surface area contributed by atoms with Gasteiger partial charge >= 0.3 is 0 Å². The van der Waals surface area contributed by atoms with Gasteiger partial charge in [0.1, 0.15) is 11.5 Å². The summed E-state index contributed by atoms with van der Waals surface area (Å²) in [6.07, 6.45) is 9.47. The minimum Gasteiger partial charge on any atom is -0.494 e. The van der Waals surface area contributed by atoms with E-state index in [-0.39, 0.29) is 0 Å². The molecule has 0 atom stereocenters. The Morgan fingerprint density at radius 1 is 0.417 bits per heavy atom. The molecule has 0 aliphatic carbocycles. The van der Waals surface area contributed by atoms with Crippen molar-refractivity contribution < 1.29 is 9.47 Å². The fourth-order valence-electron chi connectivity index (χ4n) is 4.13. The van der Waals surface area contributed by atoms with Crippen molar-refractivity contribution in [2.45, 2.75) is 51.4 Å². The quantitative estimate of drug-likeness (QED) is 0.0569. The zero-order valence-electron chi connectivity index (χ0n) is 27.0. The van der Waals surface area contributed by atoms with E-state index in [9.17, 15) is 0 Å². The minimum atomic E-state index is 0.614. The Morgan fingerprint density at radius 3 is 1.00 bits per heavy atom. The van der Waals surface area contributed by atoms with Crippen LogP contribution in [0.1, 0.15) is 62.5 Å². The lowest BCUT2D eigenvalue weighted by molar-refractivity contribution is 0.305. The zero-order valence-corrected chi connectivity index (χ0v) is 30.2. The molecule has 248 valence electrons. The number of ether oxygens (including phenoxy) is 2. The highest BCUT2D eigenvalue weighted by Gasteiger charge is 1.98. The van der Waals surface area contributed by atoms with E-state index >= 15 is 0 Å². The summed E-state index contributed by atoms with van der Waals surface area (Å²) >= 11 is 6.87. The molecule has 0 aromatic heterocycles. The van der Waals surface area contributed by atoms with Gasteiger partial charge < -0.3 is 9.47 Å². The molecule has 48 heavy (non-hydrogen) atoms. The standard InChI is InChI=1S/2C19H20BrN3O/c2*20-13-3-1-2-4-14-24-19-11-9-18(10-12-19)23-22-17-7-5-16(15-21)6-8-17/h2*5-12H,1-4,13-14H2. The first-order chi connectivity index (χ1) is 23.6. The van der Waals surface area contributed by atoms with Gasteiger partial charge in [0, 0.05) is 10.7 Å². The predicted molar refractivity (Wildman–Crippen MR) is 199 cm³/mol. The van der Waals surface area contributed by atoms with Crippen molar-refractivity contribution >= 4 is 54.6 Å². The van der Waals surface area contributed by atoms with E-state index in [2.05, 4.69) is 64.5 Å². The maximum absolute atomic E-state index is 8.76. The van der Waals surface area contributed by atoms with Crippen molar-refractivity contribution in [1.82, 2.24) is 0 Å². The summed E-state index contributed by atoms with van der Waals surface area (Å²) in [5, 5.41) is 36.4. The zero-order chi connectivity index (χ0) is 34.1. The van der Waals surface area contributed by atoms with Crippen molar-refractivity contribution in [3.05, 3.63) is 108 Å². The molecule has 0 radical (unpaired) electrons. The van der Waals surface area contributed by atoms with Gasteiger partial charge in [0.2, 0.25) is 0 Å². The van der Waals surface area contributed by atoms with E-state index in [4.69, 9.17) is 20.0 Å². The third-order valence-corrected chi connectivity index (χ3v) is 7.94. The molecule has 0 saturated carbocycles. The molecule has 4 aromatic carbocycles. The molecular weight excluding hydrogens is 732 g/mol. The predicted octanol–water partition coefficient (Wildman–Crippen LogP) is 12.6. The first-order valence-electron chi connectivity index (χ1n) is 16.0. The second-order valence-electron chi connectivity index (χ2n) is 10.6. The number of halogens is 2. The van der Waals surface area contributed by atoms with E-state index < -0.39 is 0 Å². The summed E-state index contributed by atoms with van der Waals surface area (Å²) < 4.78 is 11.4. The average Bonchev–Trinajstić information content (AvgIpc) is 3.14. The summed E-state index contributed by atoms with van der Waals surface area (Å²) in [5.74, 6) is 1.71. The summed E-state index contributed by atoms with van der Waals surface area (Å²) in [6, 6.07) is 33.3. The fourth-order valence-corrected chi connectivity index (χ4v) is 4.93. The lowest BCUT2D eigenvalue weighted by Crippen LogP contribution is -1.96. The number of hydrogen-bond acceptors (Lipinski definition) is 8. The van der Waals surface area contributed by atoms with Crippen LogP contribution in [0.4, 0.5) is 22.7 Å². The Kier molecular flexibility index (Phi) is 18.9. The van der Waals surface area contributed by atoms with Crippen LogP contribution in [0.5, 0.6) is 11.5 Å². The first-order valence-corrected chi connectivity index (χ1v) is 18.3. The fraction of sp³-hybridized carbons (Fsp3) is 0.316. The number of nitriles is 2. The second kappa shape index (κ2) is 23.9. The summed E-state index contributed by atoms with van der Waals surface area (Å²) in [4.78, 5) is 0. The van der Waals surface area contributed by atoms with Crippen LogP contribution < -0.4 is 9.47 Å². The van der Waals surface area contributed by atoms with Crippen LogP contribution >= 0.6 is 31.9 Å². The van der Waals surface area contributed by atoms with Gasteiger partial charge in [-0.3, -0.25) is 0 Å². The van der Waals surface area contributed by atoms with Crippen LogP contribution in [0, 0.1) is 22.7 Å². The Hall–Kier alpha value is -4.38. The number of alkyl halides is 2. The Bertz CT molecular complexity index is 1470. The average molecular weight is 773 g/mol. The van der Waals surface area contributed by atoms with Gasteiger partial charge in [0.05, 0.1) is 59.2 Å². The van der Waals surface area contributed by atoms with Crippen molar-refractivity contribution in [2.75, 3.05) is 23.9 Å². The third-order valence-electron chi connectivity index (χ3n) is 6.82. The molecule has 0 N–H and O–H groups in total.